The summed E-state index contributed by atoms with van der Waals surface area (Å²) in [4.78, 5) is 0. The fourth-order valence-corrected chi connectivity index (χ4v) is 3.49. The minimum absolute atomic E-state index is 0.937. The maximum Gasteiger partial charge on any atom is -0.00489 e. The van der Waals surface area contributed by atoms with Crippen LogP contribution in [0.2, 0.25) is 0 Å². The standard InChI is InChI=1S/C16H31NS/c1-14(7-6-11-17-2)13-16-10-5-9-15(16)8-3-4-12-18/h15-18H,1,3-13H2,2H3. The summed E-state index contributed by atoms with van der Waals surface area (Å²) in [6.07, 6.45) is 12.2. The van der Waals surface area contributed by atoms with Crippen molar-refractivity contribution in [2.75, 3.05) is 19.3 Å². The molecular weight excluding hydrogens is 238 g/mol. The Morgan fingerprint density at radius 2 is 2.00 bits per heavy atom. The lowest BCUT2D eigenvalue weighted by Gasteiger charge is -2.20. The third-order valence-electron chi connectivity index (χ3n) is 4.31. The summed E-state index contributed by atoms with van der Waals surface area (Å²) in [5.41, 5.74) is 1.48. The van der Waals surface area contributed by atoms with Gasteiger partial charge in [0.2, 0.25) is 0 Å². The molecule has 1 aliphatic rings. The van der Waals surface area contributed by atoms with Crippen molar-refractivity contribution in [2.45, 2.75) is 57.8 Å². The normalized spacial score (nSPS) is 23.4. The van der Waals surface area contributed by atoms with E-state index in [2.05, 4.69) is 24.5 Å². The Kier molecular flexibility index (Phi) is 8.87. The summed E-state index contributed by atoms with van der Waals surface area (Å²) in [7, 11) is 2.03. The number of unbranched alkanes of at least 4 members (excludes halogenated alkanes) is 1. The van der Waals surface area contributed by atoms with Crippen LogP contribution in [-0.4, -0.2) is 19.3 Å². The molecule has 106 valence electrons. The molecule has 1 nitrogen and oxygen atoms in total. The predicted molar refractivity (Wildman–Crippen MR) is 85.5 cm³/mol. The molecule has 18 heavy (non-hydrogen) atoms. The van der Waals surface area contributed by atoms with Gasteiger partial charge in [-0.3, -0.25) is 0 Å². The largest absolute Gasteiger partial charge is 0.320 e. The average Bonchev–Trinajstić information content (AvgIpc) is 2.77. The van der Waals surface area contributed by atoms with Crippen LogP contribution in [0, 0.1) is 11.8 Å². The lowest BCUT2D eigenvalue weighted by atomic mass is 9.85. The van der Waals surface area contributed by atoms with Crippen LogP contribution in [0.25, 0.3) is 0 Å². The van der Waals surface area contributed by atoms with Gasteiger partial charge in [0.1, 0.15) is 0 Å². The topological polar surface area (TPSA) is 12.0 Å². The van der Waals surface area contributed by atoms with Gasteiger partial charge in [0.25, 0.3) is 0 Å². The Hall–Kier alpha value is 0.0500. The van der Waals surface area contributed by atoms with Gasteiger partial charge in [0.05, 0.1) is 0 Å². The van der Waals surface area contributed by atoms with Crippen LogP contribution in [0.4, 0.5) is 0 Å². The van der Waals surface area contributed by atoms with Gasteiger partial charge in [0, 0.05) is 0 Å². The molecular formula is C16H31NS. The number of rotatable bonds is 10. The summed E-state index contributed by atoms with van der Waals surface area (Å²) >= 11 is 4.30. The van der Waals surface area contributed by atoms with Crippen LogP contribution in [0.3, 0.4) is 0 Å². The Balaban J connectivity index is 2.20. The molecule has 1 N–H and O–H groups in total. The van der Waals surface area contributed by atoms with Gasteiger partial charge in [0.15, 0.2) is 0 Å². The van der Waals surface area contributed by atoms with Crippen LogP contribution >= 0.6 is 12.6 Å². The first-order valence-corrected chi connectivity index (χ1v) is 8.33. The molecule has 0 aromatic carbocycles. The number of hydrogen-bond donors (Lipinski definition) is 2. The summed E-state index contributed by atoms with van der Waals surface area (Å²) in [6, 6.07) is 0. The molecule has 2 heteroatoms. The molecule has 0 aromatic heterocycles. The zero-order valence-electron chi connectivity index (χ0n) is 12.1. The minimum atomic E-state index is 0.937. The fraction of sp³-hybridized carbons (Fsp3) is 0.875. The molecule has 1 aliphatic carbocycles. The number of nitrogens with one attached hydrogen (secondary N) is 1. The Morgan fingerprint density at radius 3 is 2.72 bits per heavy atom. The Labute approximate surface area is 119 Å². The first kappa shape index (κ1) is 16.1. The first-order valence-electron chi connectivity index (χ1n) is 7.70. The second-order valence-electron chi connectivity index (χ2n) is 5.83. The fourth-order valence-electron chi connectivity index (χ4n) is 3.27. The van der Waals surface area contributed by atoms with E-state index in [1.807, 2.05) is 7.05 Å². The van der Waals surface area contributed by atoms with E-state index in [-0.39, 0.29) is 0 Å². The number of hydrogen-bond acceptors (Lipinski definition) is 2. The van der Waals surface area contributed by atoms with E-state index in [9.17, 15) is 0 Å². The van der Waals surface area contributed by atoms with Crippen molar-refractivity contribution >= 4 is 12.6 Å². The lowest BCUT2D eigenvalue weighted by molar-refractivity contribution is 0.350. The van der Waals surface area contributed by atoms with Crippen LogP contribution in [0.1, 0.15) is 57.8 Å². The summed E-state index contributed by atoms with van der Waals surface area (Å²) in [5.74, 6) is 2.96. The highest BCUT2D eigenvalue weighted by Gasteiger charge is 2.26. The van der Waals surface area contributed by atoms with E-state index in [0.717, 1.165) is 24.1 Å². The SMILES string of the molecule is C=C(CCCNC)CC1CCCC1CCCCS. The van der Waals surface area contributed by atoms with Crippen molar-refractivity contribution in [3.05, 3.63) is 12.2 Å². The number of allylic oxidation sites excluding steroid dienone is 1. The van der Waals surface area contributed by atoms with Crippen molar-refractivity contribution in [2.24, 2.45) is 11.8 Å². The molecule has 0 spiro atoms. The van der Waals surface area contributed by atoms with Crippen molar-refractivity contribution in [1.29, 1.82) is 0 Å². The van der Waals surface area contributed by atoms with Crippen LogP contribution < -0.4 is 5.32 Å². The molecule has 2 unspecified atom stereocenters. The van der Waals surface area contributed by atoms with E-state index in [0.29, 0.717) is 0 Å². The van der Waals surface area contributed by atoms with Gasteiger partial charge in [-0.2, -0.15) is 12.6 Å². The molecule has 1 rings (SSSR count). The van der Waals surface area contributed by atoms with Gasteiger partial charge in [-0.25, -0.2) is 0 Å². The molecule has 0 saturated heterocycles. The molecule has 0 heterocycles. The predicted octanol–water partition coefficient (Wildman–Crippen LogP) is 4.45. The zero-order valence-corrected chi connectivity index (χ0v) is 13.0. The van der Waals surface area contributed by atoms with Crippen LogP contribution in [0.5, 0.6) is 0 Å². The third kappa shape index (κ3) is 6.29. The maximum atomic E-state index is 4.30. The summed E-state index contributed by atoms with van der Waals surface area (Å²) in [5, 5.41) is 3.21. The maximum absolute atomic E-state index is 4.30. The Bertz CT molecular complexity index is 227. The second kappa shape index (κ2) is 9.91. The lowest BCUT2D eigenvalue weighted by Crippen LogP contribution is -2.11. The number of thiol groups is 1. The van der Waals surface area contributed by atoms with Gasteiger partial charge < -0.3 is 5.32 Å². The van der Waals surface area contributed by atoms with Gasteiger partial charge in [-0.05, 0) is 63.3 Å². The molecule has 1 saturated carbocycles. The van der Waals surface area contributed by atoms with E-state index in [4.69, 9.17) is 0 Å². The molecule has 0 bridgehead atoms. The minimum Gasteiger partial charge on any atom is -0.320 e. The molecule has 2 atom stereocenters. The highest BCUT2D eigenvalue weighted by molar-refractivity contribution is 7.80. The molecule has 0 amide bonds. The highest BCUT2D eigenvalue weighted by Crippen LogP contribution is 2.39. The first-order chi connectivity index (χ1) is 8.77. The van der Waals surface area contributed by atoms with Crippen LogP contribution in [-0.2, 0) is 0 Å². The van der Waals surface area contributed by atoms with Gasteiger partial charge in [-0.1, -0.05) is 37.8 Å². The van der Waals surface area contributed by atoms with Crippen molar-refractivity contribution < 1.29 is 0 Å². The smallest absolute Gasteiger partial charge is 0.00489 e. The van der Waals surface area contributed by atoms with Gasteiger partial charge >= 0.3 is 0 Å². The summed E-state index contributed by atoms with van der Waals surface area (Å²) in [6.45, 7) is 5.40. The summed E-state index contributed by atoms with van der Waals surface area (Å²) < 4.78 is 0. The van der Waals surface area contributed by atoms with Crippen LogP contribution in [0.15, 0.2) is 12.2 Å². The highest BCUT2D eigenvalue weighted by atomic mass is 32.1. The Morgan fingerprint density at radius 1 is 1.22 bits per heavy atom. The van der Waals surface area contributed by atoms with E-state index >= 15 is 0 Å². The molecule has 0 aromatic rings. The zero-order chi connectivity index (χ0) is 13.2. The third-order valence-corrected chi connectivity index (χ3v) is 4.62. The average molecular weight is 269 g/mol. The quantitative estimate of drug-likeness (QED) is 0.339. The van der Waals surface area contributed by atoms with Crippen molar-refractivity contribution in [3.8, 4) is 0 Å². The molecule has 0 radical (unpaired) electrons. The van der Waals surface area contributed by atoms with E-state index < -0.39 is 0 Å². The molecule has 1 fully saturated rings. The van der Waals surface area contributed by atoms with Crippen molar-refractivity contribution in [1.82, 2.24) is 5.32 Å². The van der Waals surface area contributed by atoms with E-state index in [1.165, 1.54) is 63.4 Å². The van der Waals surface area contributed by atoms with Crippen molar-refractivity contribution in [3.63, 3.8) is 0 Å². The van der Waals surface area contributed by atoms with Gasteiger partial charge in [-0.15, -0.1) is 0 Å². The van der Waals surface area contributed by atoms with E-state index in [1.54, 1.807) is 0 Å². The second-order valence-corrected chi connectivity index (χ2v) is 6.28. The molecule has 0 aliphatic heterocycles. The monoisotopic (exact) mass is 269 g/mol.